The lowest BCUT2D eigenvalue weighted by Gasteiger charge is -2.27. The summed E-state index contributed by atoms with van der Waals surface area (Å²) in [4.78, 5) is 13.8. The van der Waals surface area contributed by atoms with E-state index in [1.165, 1.54) is 0 Å². The van der Waals surface area contributed by atoms with E-state index in [9.17, 15) is 9.90 Å². The van der Waals surface area contributed by atoms with E-state index >= 15 is 0 Å². The van der Waals surface area contributed by atoms with Crippen LogP contribution in [0.15, 0.2) is 22.7 Å². The van der Waals surface area contributed by atoms with Crippen LogP contribution in [-0.2, 0) is 0 Å². The highest BCUT2D eigenvalue weighted by Gasteiger charge is 2.26. The average Bonchev–Trinajstić information content (AvgIpc) is 2.76. The molecule has 1 aliphatic heterocycles. The van der Waals surface area contributed by atoms with E-state index in [0.717, 1.165) is 35.1 Å². The number of hydrogen-bond donors (Lipinski definition) is 1. The van der Waals surface area contributed by atoms with Crippen molar-refractivity contribution in [1.82, 2.24) is 0 Å². The molecule has 0 aromatic heterocycles. The van der Waals surface area contributed by atoms with Gasteiger partial charge in [0.1, 0.15) is 0 Å². The normalized spacial score (nSPS) is 19.7. The van der Waals surface area contributed by atoms with Gasteiger partial charge in [0.15, 0.2) is 5.78 Å². The van der Waals surface area contributed by atoms with Crippen LogP contribution in [0.1, 0.15) is 30.1 Å². The maximum absolute atomic E-state index is 11.6. The van der Waals surface area contributed by atoms with Crippen molar-refractivity contribution in [3.8, 4) is 0 Å². The van der Waals surface area contributed by atoms with Crippen LogP contribution in [0.3, 0.4) is 0 Å². The van der Waals surface area contributed by atoms with Crippen molar-refractivity contribution >= 4 is 27.4 Å². The molecule has 92 valence electrons. The van der Waals surface area contributed by atoms with Crippen molar-refractivity contribution in [3.63, 3.8) is 0 Å². The van der Waals surface area contributed by atoms with Gasteiger partial charge in [-0.25, -0.2) is 0 Å². The van der Waals surface area contributed by atoms with Crippen molar-refractivity contribution in [1.29, 1.82) is 0 Å². The Kier molecular flexibility index (Phi) is 3.84. The first kappa shape index (κ1) is 12.6. The second kappa shape index (κ2) is 5.19. The summed E-state index contributed by atoms with van der Waals surface area (Å²) in [6.45, 7) is 2.63. The molecule has 1 aromatic carbocycles. The van der Waals surface area contributed by atoms with Gasteiger partial charge in [-0.1, -0.05) is 15.9 Å². The minimum atomic E-state index is 0.0658. The Bertz CT molecular complexity index is 433. The number of anilines is 1. The minimum Gasteiger partial charge on any atom is -0.394 e. The molecule has 0 spiro atoms. The van der Waals surface area contributed by atoms with Crippen LogP contribution < -0.4 is 4.90 Å². The molecule has 1 saturated heterocycles. The molecule has 1 N–H and O–H groups in total. The molecule has 0 radical (unpaired) electrons. The largest absolute Gasteiger partial charge is 0.394 e. The first-order chi connectivity index (χ1) is 8.13. The molecular formula is C13H16BrNO2. The van der Waals surface area contributed by atoms with Crippen molar-refractivity contribution in [2.45, 2.75) is 25.8 Å². The summed E-state index contributed by atoms with van der Waals surface area (Å²) in [7, 11) is 0. The highest BCUT2D eigenvalue weighted by Crippen LogP contribution is 2.31. The number of rotatable bonds is 3. The fourth-order valence-corrected chi connectivity index (χ4v) is 2.73. The number of aliphatic hydroxyl groups excluding tert-OH is 1. The van der Waals surface area contributed by atoms with Crippen LogP contribution in [0, 0.1) is 0 Å². The van der Waals surface area contributed by atoms with Crippen LogP contribution in [0.5, 0.6) is 0 Å². The predicted octanol–water partition coefficient (Wildman–Crippen LogP) is 2.61. The molecule has 2 rings (SSSR count). The van der Waals surface area contributed by atoms with Gasteiger partial charge in [0.05, 0.1) is 12.6 Å². The van der Waals surface area contributed by atoms with Crippen molar-refractivity contribution < 1.29 is 9.90 Å². The number of nitrogens with zero attached hydrogens (tertiary/aromatic N) is 1. The van der Waals surface area contributed by atoms with Crippen LogP contribution in [0.2, 0.25) is 0 Å². The highest BCUT2D eigenvalue weighted by molar-refractivity contribution is 9.10. The maximum atomic E-state index is 11.6. The van der Waals surface area contributed by atoms with Crippen LogP contribution in [-0.4, -0.2) is 30.1 Å². The topological polar surface area (TPSA) is 40.5 Å². The molecule has 1 unspecified atom stereocenters. The lowest BCUT2D eigenvalue weighted by Crippen LogP contribution is -2.33. The van der Waals surface area contributed by atoms with Crippen molar-refractivity contribution in [2.24, 2.45) is 0 Å². The van der Waals surface area contributed by atoms with Gasteiger partial charge in [-0.05, 0) is 38.0 Å². The summed E-state index contributed by atoms with van der Waals surface area (Å²) in [5, 5.41) is 9.36. The highest BCUT2D eigenvalue weighted by atomic mass is 79.9. The number of benzene rings is 1. The number of halogens is 1. The van der Waals surface area contributed by atoms with Gasteiger partial charge < -0.3 is 10.0 Å². The third-order valence-corrected chi connectivity index (χ3v) is 3.73. The van der Waals surface area contributed by atoms with E-state index in [4.69, 9.17) is 0 Å². The zero-order valence-electron chi connectivity index (χ0n) is 9.82. The molecule has 1 atom stereocenters. The number of carbonyl (C=O) groups excluding carboxylic acids is 1. The zero-order chi connectivity index (χ0) is 12.4. The summed E-state index contributed by atoms with van der Waals surface area (Å²) in [5.41, 5.74) is 1.66. The van der Waals surface area contributed by atoms with Gasteiger partial charge in [0.2, 0.25) is 0 Å². The number of ketones is 1. The zero-order valence-corrected chi connectivity index (χ0v) is 11.4. The maximum Gasteiger partial charge on any atom is 0.161 e. The Hall–Kier alpha value is -0.870. The molecule has 0 bridgehead atoms. The third kappa shape index (κ3) is 2.53. The SMILES string of the molecule is CC(=O)c1ccc(Br)cc1N1CCCC1CO. The molecule has 4 heteroatoms. The van der Waals surface area contributed by atoms with Gasteiger partial charge in [-0.3, -0.25) is 4.79 Å². The number of aliphatic hydroxyl groups is 1. The molecule has 0 saturated carbocycles. The lowest BCUT2D eigenvalue weighted by molar-refractivity contribution is 0.101. The van der Waals surface area contributed by atoms with Crippen LogP contribution in [0.25, 0.3) is 0 Å². The third-order valence-electron chi connectivity index (χ3n) is 3.24. The predicted molar refractivity (Wildman–Crippen MR) is 71.6 cm³/mol. The Morgan fingerprint density at radius 2 is 2.35 bits per heavy atom. The molecule has 1 aromatic rings. The summed E-state index contributed by atoms with van der Waals surface area (Å²) in [6.07, 6.45) is 2.05. The quantitative estimate of drug-likeness (QED) is 0.872. The smallest absolute Gasteiger partial charge is 0.161 e. The van der Waals surface area contributed by atoms with E-state index in [1.807, 2.05) is 18.2 Å². The monoisotopic (exact) mass is 297 g/mol. The standard InChI is InChI=1S/C13H16BrNO2/c1-9(17)12-5-4-10(14)7-13(12)15-6-2-3-11(15)8-16/h4-5,7,11,16H,2-3,6,8H2,1H3. The number of carbonyl (C=O) groups is 1. The van der Waals surface area contributed by atoms with E-state index in [1.54, 1.807) is 6.92 Å². The number of hydrogen-bond acceptors (Lipinski definition) is 3. The number of Topliss-reactive ketones (excluding diaryl/α,β-unsaturated/α-hetero) is 1. The van der Waals surface area contributed by atoms with E-state index in [-0.39, 0.29) is 18.4 Å². The van der Waals surface area contributed by atoms with E-state index in [2.05, 4.69) is 20.8 Å². The second-order valence-electron chi connectivity index (χ2n) is 4.39. The van der Waals surface area contributed by atoms with Gasteiger partial charge in [-0.2, -0.15) is 0 Å². The summed E-state index contributed by atoms with van der Waals surface area (Å²) >= 11 is 3.43. The fourth-order valence-electron chi connectivity index (χ4n) is 2.38. The second-order valence-corrected chi connectivity index (χ2v) is 5.31. The molecule has 3 nitrogen and oxygen atoms in total. The van der Waals surface area contributed by atoms with Crippen molar-refractivity contribution in [3.05, 3.63) is 28.2 Å². The molecule has 1 fully saturated rings. The molecule has 0 aliphatic carbocycles. The average molecular weight is 298 g/mol. The van der Waals surface area contributed by atoms with E-state index < -0.39 is 0 Å². The Balaban J connectivity index is 2.42. The first-order valence-electron chi connectivity index (χ1n) is 5.81. The van der Waals surface area contributed by atoms with Crippen LogP contribution in [0.4, 0.5) is 5.69 Å². The molecule has 1 aliphatic rings. The van der Waals surface area contributed by atoms with Gasteiger partial charge in [-0.15, -0.1) is 0 Å². The summed E-state index contributed by atoms with van der Waals surface area (Å²) in [6, 6.07) is 5.83. The fraction of sp³-hybridized carbons (Fsp3) is 0.462. The summed E-state index contributed by atoms with van der Waals surface area (Å²) < 4.78 is 0.959. The molecule has 17 heavy (non-hydrogen) atoms. The summed E-state index contributed by atoms with van der Waals surface area (Å²) in [5.74, 6) is 0.0658. The Morgan fingerprint density at radius 1 is 1.59 bits per heavy atom. The minimum absolute atomic E-state index is 0.0658. The molecular weight excluding hydrogens is 282 g/mol. The Labute approximate surface area is 110 Å². The van der Waals surface area contributed by atoms with Gasteiger partial charge in [0.25, 0.3) is 0 Å². The van der Waals surface area contributed by atoms with Crippen molar-refractivity contribution in [2.75, 3.05) is 18.1 Å². The first-order valence-corrected chi connectivity index (χ1v) is 6.60. The lowest BCUT2D eigenvalue weighted by atomic mass is 10.1. The Morgan fingerprint density at radius 3 is 3.00 bits per heavy atom. The van der Waals surface area contributed by atoms with Crippen LogP contribution >= 0.6 is 15.9 Å². The van der Waals surface area contributed by atoms with E-state index in [0.29, 0.717) is 0 Å². The molecule has 1 heterocycles. The molecule has 0 amide bonds. The van der Waals surface area contributed by atoms with Gasteiger partial charge >= 0.3 is 0 Å². The van der Waals surface area contributed by atoms with Gasteiger partial charge in [0, 0.05) is 22.3 Å².